The Hall–Kier alpha value is -1.48. The van der Waals surface area contributed by atoms with Crippen molar-refractivity contribution in [2.75, 3.05) is 46.0 Å². The molecule has 7 nitrogen and oxygen atoms in total. The zero-order valence-corrected chi connectivity index (χ0v) is 15.2. The van der Waals surface area contributed by atoms with E-state index in [4.69, 9.17) is 9.47 Å². The minimum absolute atomic E-state index is 0.0424. The van der Waals surface area contributed by atoms with Crippen molar-refractivity contribution in [1.82, 2.24) is 9.21 Å². The summed E-state index contributed by atoms with van der Waals surface area (Å²) in [5, 5.41) is 0. The van der Waals surface area contributed by atoms with E-state index in [2.05, 4.69) is 4.90 Å². The standard InChI is InChI=1S/C17H24N2O5S/c1-2-24-15(11-18-7-9-23-10-8-18)12-19-17(20)16-6-4-3-5-14(16)13-25(19,21)22/h3-6,15H,2,7-13H2,1H3. The number of benzene rings is 1. The molecular formula is C17H24N2O5S. The Balaban J connectivity index is 1.77. The lowest BCUT2D eigenvalue weighted by Gasteiger charge is -2.34. The second-order valence-corrected chi connectivity index (χ2v) is 8.13. The van der Waals surface area contributed by atoms with Gasteiger partial charge in [-0.1, -0.05) is 18.2 Å². The Morgan fingerprint density at radius 3 is 2.64 bits per heavy atom. The van der Waals surface area contributed by atoms with E-state index in [0.29, 0.717) is 37.5 Å². The highest BCUT2D eigenvalue weighted by molar-refractivity contribution is 7.89. The summed E-state index contributed by atoms with van der Waals surface area (Å²) in [5.74, 6) is -0.612. The molecule has 1 aromatic rings. The first-order chi connectivity index (χ1) is 12.0. The Morgan fingerprint density at radius 2 is 1.92 bits per heavy atom. The highest BCUT2D eigenvalue weighted by Crippen LogP contribution is 2.25. The van der Waals surface area contributed by atoms with Gasteiger partial charge >= 0.3 is 0 Å². The molecule has 25 heavy (non-hydrogen) atoms. The Labute approximate surface area is 148 Å². The number of sulfonamides is 1. The number of nitrogens with zero attached hydrogens (tertiary/aromatic N) is 2. The van der Waals surface area contributed by atoms with Gasteiger partial charge in [0.15, 0.2) is 0 Å². The Morgan fingerprint density at radius 1 is 1.20 bits per heavy atom. The van der Waals surface area contributed by atoms with E-state index in [1.165, 1.54) is 0 Å². The summed E-state index contributed by atoms with van der Waals surface area (Å²) in [6.07, 6.45) is -0.355. The van der Waals surface area contributed by atoms with Crippen molar-refractivity contribution in [1.29, 1.82) is 0 Å². The molecule has 0 saturated carbocycles. The van der Waals surface area contributed by atoms with Gasteiger partial charge in [-0.3, -0.25) is 9.69 Å². The Bertz CT molecular complexity index is 716. The van der Waals surface area contributed by atoms with Gasteiger partial charge < -0.3 is 9.47 Å². The highest BCUT2D eigenvalue weighted by atomic mass is 32.2. The molecule has 1 aromatic carbocycles. The zero-order valence-electron chi connectivity index (χ0n) is 14.4. The van der Waals surface area contributed by atoms with Crippen LogP contribution in [-0.4, -0.2) is 75.6 Å². The fourth-order valence-electron chi connectivity index (χ4n) is 3.24. The van der Waals surface area contributed by atoms with Crippen molar-refractivity contribution in [2.45, 2.75) is 18.8 Å². The van der Waals surface area contributed by atoms with Crippen molar-refractivity contribution in [3.8, 4) is 0 Å². The van der Waals surface area contributed by atoms with E-state index >= 15 is 0 Å². The van der Waals surface area contributed by atoms with E-state index in [9.17, 15) is 13.2 Å². The second-order valence-electron chi connectivity index (χ2n) is 6.24. The molecule has 8 heteroatoms. The summed E-state index contributed by atoms with van der Waals surface area (Å²) in [5.41, 5.74) is 1.02. The minimum Gasteiger partial charge on any atom is -0.379 e. The molecule has 138 valence electrons. The predicted molar refractivity (Wildman–Crippen MR) is 92.8 cm³/mol. The lowest BCUT2D eigenvalue weighted by atomic mass is 10.1. The van der Waals surface area contributed by atoms with Crippen LogP contribution in [0.25, 0.3) is 0 Å². The van der Waals surface area contributed by atoms with E-state index in [1.807, 2.05) is 6.92 Å². The number of morpholine rings is 1. The Kier molecular flexibility index (Phi) is 5.73. The van der Waals surface area contributed by atoms with Crippen molar-refractivity contribution < 1.29 is 22.7 Å². The van der Waals surface area contributed by atoms with Gasteiger partial charge in [0.2, 0.25) is 10.0 Å². The molecule has 0 N–H and O–H groups in total. The summed E-state index contributed by atoms with van der Waals surface area (Å²) in [6, 6.07) is 6.87. The van der Waals surface area contributed by atoms with Crippen LogP contribution >= 0.6 is 0 Å². The minimum atomic E-state index is -3.68. The van der Waals surface area contributed by atoms with E-state index < -0.39 is 15.9 Å². The molecule has 0 aliphatic carbocycles. The highest BCUT2D eigenvalue weighted by Gasteiger charge is 2.37. The SMILES string of the molecule is CCOC(CN1CCOCC1)CN1C(=O)c2ccccc2CS1(=O)=O. The summed E-state index contributed by atoms with van der Waals surface area (Å²) >= 11 is 0. The average molecular weight is 368 g/mol. The number of ether oxygens (including phenoxy) is 2. The van der Waals surface area contributed by atoms with Crippen LogP contribution in [0.5, 0.6) is 0 Å². The number of carbonyl (C=O) groups excluding carboxylic acids is 1. The third-order valence-electron chi connectivity index (χ3n) is 4.49. The van der Waals surface area contributed by atoms with Gasteiger partial charge in [-0.05, 0) is 18.6 Å². The predicted octanol–water partition coefficient (Wildman–Crippen LogP) is 0.709. The van der Waals surface area contributed by atoms with Crippen LogP contribution in [0.3, 0.4) is 0 Å². The van der Waals surface area contributed by atoms with Gasteiger partial charge in [-0.25, -0.2) is 12.7 Å². The maximum atomic E-state index is 12.7. The first-order valence-electron chi connectivity index (χ1n) is 8.55. The molecule has 1 amide bonds. The quantitative estimate of drug-likeness (QED) is 0.736. The van der Waals surface area contributed by atoms with Crippen LogP contribution in [0.15, 0.2) is 24.3 Å². The van der Waals surface area contributed by atoms with Crippen LogP contribution < -0.4 is 0 Å². The molecule has 2 aliphatic heterocycles. The molecule has 2 aliphatic rings. The van der Waals surface area contributed by atoms with Crippen LogP contribution in [0.2, 0.25) is 0 Å². The van der Waals surface area contributed by atoms with Gasteiger partial charge in [0.05, 0.1) is 31.6 Å². The number of hydrogen-bond acceptors (Lipinski definition) is 6. The summed E-state index contributed by atoms with van der Waals surface area (Å²) in [4.78, 5) is 14.9. The maximum Gasteiger partial charge on any atom is 0.267 e. The normalized spacial score (nSPS) is 21.8. The number of amides is 1. The summed E-state index contributed by atoms with van der Waals surface area (Å²) in [7, 11) is -3.68. The van der Waals surface area contributed by atoms with Gasteiger partial charge in [0.25, 0.3) is 5.91 Å². The lowest BCUT2D eigenvalue weighted by molar-refractivity contribution is -0.0132. The van der Waals surface area contributed by atoms with E-state index in [-0.39, 0.29) is 18.4 Å². The van der Waals surface area contributed by atoms with Crippen molar-refractivity contribution in [3.63, 3.8) is 0 Å². The number of hydrogen-bond donors (Lipinski definition) is 0. The number of fused-ring (bicyclic) bond motifs is 1. The second kappa shape index (κ2) is 7.82. The van der Waals surface area contributed by atoms with Crippen molar-refractivity contribution in [3.05, 3.63) is 35.4 Å². The summed E-state index contributed by atoms with van der Waals surface area (Å²) < 4.78 is 37.3. The van der Waals surface area contributed by atoms with Gasteiger partial charge in [-0.2, -0.15) is 0 Å². The van der Waals surface area contributed by atoms with Gasteiger partial charge in [-0.15, -0.1) is 0 Å². The van der Waals surface area contributed by atoms with Crippen LogP contribution in [0.4, 0.5) is 0 Å². The molecule has 0 spiro atoms. The van der Waals surface area contributed by atoms with E-state index in [1.54, 1.807) is 24.3 Å². The fourth-order valence-corrected chi connectivity index (χ4v) is 4.79. The first kappa shape index (κ1) is 18.3. The van der Waals surface area contributed by atoms with Crippen LogP contribution in [0.1, 0.15) is 22.8 Å². The van der Waals surface area contributed by atoms with Gasteiger partial charge in [0.1, 0.15) is 0 Å². The van der Waals surface area contributed by atoms with Crippen molar-refractivity contribution >= 4 is 15.9 Å². The molecular weight excluding hydrogens is 344 g/mol. The molecule has 2 heterocycles. The maximum absolute atomic E-state index is 12.7. The number of rotatable bonds is 6. The largest absolute Gasteiger partial charge is 0.379 e. The molecule has 1 unspecified atom stereocenters. The summed E-state index contributed by atoms with van der Waals surface area (Å²) in [6.45, 7) is 5.85. The van der Waals surface area contributed by atoms with E-state index in [0.717, 1.165) is 17.4 Å². The first-order valence-corrected chi connectivity index (χ1v) is 10.2. The molecule has 0 aromatic heterocycles. The third-order valence-corrected chi connectivity index (χ3v) is 6.15. The average Bonchev–Trinajstić information content (AvgIpc) is 2.59. The monoisotopic (exact) mass is 368 g/mol. The lowest BCUT2D eigenvalue weighted by Crippen LogP contribution is -2.50. The molecule has 1 fully saturated rings. The topological polar surface area (TPSA) is 76.2 Å². The van der Waals surface area contributed by atoms with Crippen LogP contribution in [0, 0.1) is 0 Å². The molecule has 3 rings (SSSR count). The molecule has 0 radical (unpaired) electrons. The number of carbonyl (C=O) groups is 1. The molecule has 1 atom stereocenters. The smallest absolute Gasteiger partial charge is 0.267 e. The van der Waals surface area contributed by atoms with Crippen molar-refractivity contribution in [2.24, 2.45) is 0 Å². The third kappa shape index (κ3) is 4.20. The molecule has 1 saturated heterocycles. The fraction of sp³-hybridized carbons (Fsp3) is 0.588. The van der Waals surface area contributed by atoms with Gasteiger partial charge in [0, 0.05) is 31.8 Å². The molecule has 0 bridgehead atoms. The van der Waals surface area contributed by atoms with Crippen LogP contribution in [-0.2, 0) is 25.2 Å². The zero-order chi connectivity index (χ0) is 17.9.